The van der Waals surface area contributed by atoms with Crippen LogP contribution in [0.1, 0.15) is 35.0 Å². The zero-order chi connectivity index (χ0) is 17.1. The van der Waals surface area contributed by atoms with Crippen LogP contribution in [0.3, 0.4) is 0 Å². The Kier molecular flexibility index (Phi) is 4.24. The van der Waals surface area contributed by atoms with Gasteiger partial charge in [-0.05, 0) is 42.7 Å². The molecule has 0 aromatic carbocycles. The zero-order valence-electron chi connectivity index (χ0n) is 13.7. The van der Waals surface area contributed by atoms with Gasteiger partial charge in [-0.25, -0.2) is 9.97 Å². The Morgan fingerprint density at radius 1 is 1.20 bits per heavy atom. The number of furan rings is 1. The minimum atomic E-state index is -0.0609. The Hall–Kier alpha value is -3.02. The van der Waals surface area contributed by atoms with Gasteiger partial charge in [0.05, 0.1) is 12.0 Å². The van der Waals surface area contributed by atoms with Crippen molar-refractivity contribution in [2.24, 2.45) is 0 Å². The average molecular weight is 334 g/mol. The van der Waals surface area contributed by atoms with E-state index in [1.807, 2.05) is 23.2 Å². The van der Waals surface area contributed by atoms with Crippen LogP contribution < -0.4 is 0 Å². The van der Waals surface area contributed by atoms with E-state index in [1.165, 1.54) is 6.26 Å². The third kappa shape index (κ3) is 3.15. The lowest BCUT2D eigenvalue weighted by Crippen LogP contribution is -2.39. The second-order valence-corrected chi connectivity index (χ2v) is 6.13. The molecule has 1 amide bonds. The Morgan fingerprint density at radius 2 is 2.08 bits per heavy atom. The zero-order valence-corrected chi connectivity index (χ0v) is 13.7. The summed E-state index contributed by atoms with van der Waals surface area (Å²) in [5.74, 6) is 0.505. The number of piperidine rings is 1. The standard InChI is InChI=1S/C19H18N4O2/c24-19(17-4-2-10-25-17)23-9-1-3-15(12-23)18-16(11-21-13-22-18)14-5-7-20-8-6-14/h2,4-8,10-11,13,15H,1,3,9,12H2. The average Bonchev–Trinajstić information content (AvgIpc) is 3.23. The Bertz CT molecular complexity index is 849. The first kappa shape index (κ1) is 15.5. The highest BCUT2D eigenvalue weighted by molar-refractivity contribution is 5.91. The highest BCUT2D eigenvalue weighted by atomic mass is 16.3. The van der Waals surface area contributed by atoms with Crippen molar-refractivity contribution >= 4 is 5.91 Å². The molecule has 0 radical (unpaired) electrons. The smallest absolute Gasteiger partial charge is 0.289 e. The van der Waals surface area contributed by atoms with Crippen molar-refractivity contribution in [3.05, 3.63) is 66.9 Å². The van der Waals surface area contributed by atoms with Gasteiger partial charge >= 0.3 is 0 Å². The quantitative estimate of drug-likeness (QED) is 0.736. The first-order valence-corrected chi connectivity index (χ1v) is 8.36. The summed E-state index contributed by atoms with van der Waals surface area (Å²) in [4.78, 5) is 27.2. The summed E-state index contributed by atoms with van der Waals surface area (Å²) in [5.41, 5.74) is 3.03. The molecule has 0 saturated carbocycles. The van der Waals surface area contributed by atoms with E-state index < -0.39 is 0 Å². The number of pyridine rings is 1. The minimum Gasteiger partial charge on any atom is -0.459 e. The van der Waals surface area contributed by atoms with E-state index in [-0.39, 0.29) is 11.8 Å². The van der Waals surface area contributed by atoms with E-state index in [1.54, 1.807) is 30.9 Å². The fourth-order valence-corrected chi connectivity index (χ4v) is 3.36. The number of rotatable bonds is 3. The second-order valence-electron chi connectivity index (χ2n) is 6.13. The van der Waals surface area contributed by atoms with Crippen LogP contribution in [0.2, 0.25) is 0 Å². The van der Waals surface area contributed by atoms with Crippen molar-refractivity contribution < 1.29 is 9.21 Å². The van der Waals surface area contributed by atoms with E-state index in [4.69, 9.17) is 4.42 Å². The van der Waals surface area contributed by atoms with Gasteiger partial charge in [0, 0.05) is 43.2 Å². The highest BCUT2D eigenvalue weighted by Crippen LogP contribution is 2.32. The van der Waals surface area contributed by atoms with E-state index in [2.05, 4.69) is 15.0 Å². The van der Waals surface area contributed by atoms with Crippen LogP contribution in [-0.2, 0) is 0 Å². The van der Waals surface area contributed by atoms with Gasteiger partial charge in [0.1, 0.15) is 6.33 Å². The third-order valence-electron chi connectivity index (χ3n) is 4.56. The van der Waals surface area contributed by atoms with Crippen molar-refractivity contribution in [2.75, 3.05) is 13.1 Å². The molecular weight excluding hydrogens is 316 g/mol. The second kappa shape index (κ2) is 6.84. The fraction of sp³-hybridized carbons (Fsp3) is 0.263. The summed E-state index contributed by atoms with van der Waals surface area (Å²) in [6.45, 7) is 1.38. The van der Waals surface area contributed by atoms with E-state index in [0.717, 1.165) is 36.2 Å². The normalized spacial score (nSPS) is 17.4. The van der Waals surface area contributed by atoms with Gasteiger partial charge in [-0.3, -0.25) is 9.78 Å². The molecule has 6 nitrogen and oxygen atoms in total. The van der Waals surface area contributed by atoms with Gasteiger partial charge in [0.15, 0.2) is 5.76 Å². The third-order valence-corrected chi connectivity index (χ3v) is 4.56. The summed E-state index contributed by atoms with van der Waals surface area (Å²) in [7, 11) is 0. The molecule has 25 heavy (non-hydrogen) atoms. The summed E-state index contributed by atoms with van der Waals surface area (Å²) in [6.07, 6.45) is 10.4. The molecule has 0 bridgehead atoms. The maximum Gasteiger partial charge on any atom is 0.289 e. The van der Waals surface area contributed by atoms with Gasteiger partial charge in [0.2, 0.25) is 0 Å². The fourth-order valence-electron chi connectivity index (χ4n) is 3.36. The number of carbonyl (C=O) groups is 1. The Morgan fingerprint density at radius 3 is 2.88 bits per heavy atom. The molecule has 6 heteroatoms. The molecule has 1 atom stereocenters. The van der Waals surface area contributed by atoms with Crippen molar-refractivity contribution in [3.63, 3.8) is 0 Å². The number of amides is 1. The largest absolute Gasteiger partial charge is 0.459 e. The lowest BCUT2D eigenvalue weighted by atomic mass is 9.90. The summed E-state index contributed by atoms with van der Waals surface area (Å²) >= 11 is 0. The Labute approximate surface area is 145 Å². The van der Waals surface area contributed by atoms with Gasteiger partial charge in [-0.1, -0.05) is 0 Å². The topological polar surface area (TPSA) is 72.1 Å². The SMILES string of the molecule is O=C(c1ccco1)N1CCCC(c2ncncc2-c2ccncc2)C1. The monoisotopic (exact) mass is 334 g/mol. The molecule has 0 spiro atoms. The molecule has 1 saturated heterocycles. The molecule has 3 aromatic heterocycles. The van der Waals surface area contributed by atoms with Gasteiger partial charge < -0.3 is 9.32 Å². The number of nitrogens with zero attached hydrogens (tertiary/aromatic N) is 4. The van der Waals surface area contributed by atoms with Crippen LogP contribution in [0.25, 0.3) is 11.1 Å². The molecule has 1 aliphatic heterocycles. The Balaban J connectivity index is 1.61. The maximum atomic E-state index is 12.6. The first-order valence-electron chi connectivity index (χ1n) is 8.36. The van der Waals surface area contributed by atoms with Crippen molar-refractivity contribution in [2.45, 2.75) is 18.8 Å². The maximum absolute atomic E-state index is 12.6. The highest BCUT2D eigenvalue weighted by Gasteiger charge is 2.29. The lowest BCUT2D eigenvalue weighted by molar-refractivity contribution is 0.0674. The molecule has 1 aliphatic rings. The number of carbonyl (C=O) groups excluding carboxylic acids is 1. The van der Waals surface area contributed by atoms with E-state index >= 15 is 0 Å². The molecular formula is C19H18N4O2. The van der Waals surface area contributed by atoms with Crippen LogP contribution in [0.5, 0.6) is 0 Å². The molecule has 0 N–H and O–H groups in total. The molecule has 126 valence electrons. The van der Waals surface area contributed by atoms with E-state index in [9.17, 15) is 4.79 Å². The van der Waals surface area contributed by atoms with Crippen molar-refractivity contribution in [1.29, 1.82) is 0 Å². The predicted molar refractivity (Wildman–Crippen MR) is 91.8 cm³/mol. The number of hydrogen-bond acceptors (Lipinski definition) is 5. The van der Waals surface area contributed by atoms with Crippen molar-refractivity contribution in [1.82, 2.24) is 19.9 Å². The lowest BCUT2D eigenvalue weighted by Gasteiger charge is -2.32. The van der Waals surface area contributed by atoms with Crippen LogP contribution in [0.15, 0.2) is 59.9 Å². The van der Waals surface area contributed by atoms with Gasteiger partial charge in [0.25, 0.3) is 5.91 Å². The number of likely N-dealkylation sites (tertiary alicyclic amines) is 1. The molecule has 3 aromatic rings. The van der Waals surface area contributed by atoms with Crippen LogP contribution in [0, 0.1) is 0 Å². The molecule has 4 heterocycles. The molecule has 4 rings (SSSR count). The molecule has 1 fully saturated rings. The van der Waals surface area contributed by atoms with Crippen LogP contribution in [0.4, 0.5) is 0 Å². The predicted octanol–water partition coefficient (Wildman–Crippen LogP) is 3.15. The molecule has 1 unspecified atom stereocenters. The van der Waals surface area contributed by atoms with Crippen LogP contribution >= 0.6 is 0 Å². The number of aromatic nitrogens is 3. The summed E-state index contributed by atoms with van der Waals surface area (Å²) in [5, 5.41) is 0. The van der Waals surface area contributed by atoms with Gasteiger partial charge in [-0.2, -0.15) is 0 Å². The van der Waals surface area contributed by atoms with Crippen molar-refractivity contribution in [3.8, 4) is 11.1 Å². The van der Waals surface area contributed by atoms with Crippen LogP contribution in [-0.4, -0.2) is 38.8 Å². The summed E-state index contributed by atoms with van der Waals surface area (Å²) < 4.78 is 5.26. The summed E-state index contributed by atoms with van der Waals surface area (Å²) in [6, 6.07) is 7.35. The molecule has 0 aliphatic carbocycles. The van der Waals surface area contributed by atoms with Gasteiger partial charge in [-0.15, -0.1) is 0 Å². The first-order chi connectivity index (χ1) is 12.3. The van der Waals surface area contributed by atoms with E-state index in [0.29, 0.717) is 12.3 Å². The number of hydrogen-bond donors (Lipinski definition) is 0. The minimum absolute atomic E-state index is 0.0609.